The number of rotatable bonds is 5. The summed E-state index contributed by atoms with van der Waals surface area (Å²) in [6.07, 6.45) is 4.08. The predicted octanol–water partition coefficient (Wildman–Crippen LogP) is 2.35. The third-order valence-corrected chi connectivity index (χ3v) is 3.64. The summed E-state index contributed by atoms with van der Waals surface area (Å²) in [6, 6.07) is 9.09. The molecule has 1 aliphatic carbocycles. The number of carbonyl (C=O) groups excluding carboxylic acids is 2. The van der Waals surface area contributed by atoms with Crippen LogP contribution in [-0.4, -0.2) is 11.8 Å². The summed E-state index contributed by atoms with van der Waals surface area (Å²) < 4.78 is 0. The van der Waals surface area contributed by atoms with Crippen molar-refractivity contribution in [2.24, 2.45) is 5.92 Å². The van der Waals surface area contributed by atoms with E-state index in [0.717, 1.165) is 31.2 Å². The van der Waals surface area contributed by atoms with Gasteiger partial charge in [0.2, 0.25) is 11.8 Å². The highest BCUT2D eigenvalue weighted by Crippen LogP contribution is 2.24. The van der Waals surface area contributed by atoms with Crippen molar-refractivity contribution in [3.8, 4) is 6.07 Å². The van der Waals surface area contributed by atoms with Gasteiger partial charge in [-0.1, -0.05) is 25.0 Å². The third kappa shape index (κ3) is 4.60. The lowest BCUT2D eigenvalue weighted by molar-refractivity contribution is -0.125. The number of amides is 2. The predicted molar refractivity (Wildman–Crippen MR) is 79.1 cm³/mol. The lowest BCUT2D eigenvalue weighted by Gasteiger charge is -2.11. The van der Waals surface area contributed by atoms with Crippen molar-refractivity contribution in [3.05, 3.63) is 29.8 Å². The molecule has 0 aromatic heterocycles. The smallest absolute Gasteiger partial charge is 0.238 e. The maximum absolute atomic E-state index is 11.9. The molecule has 21 heavy (non-hydrogen) atoms. The second-order valence-electron chi connectivity index (χ2n) is 5.28. The molecule has 0 aliphatic heterocycles. The molecule has 0 heterocycles. The van der Waals surface area contributed by atoms with Crippen LogP contribution >= 0.6 is 0 Å². The van der Waals surface area contributed by atoms with Gasteiger partial charge >= 0.3 is 0 Å². The van der Waals surface area contributed by atoms with Gasteiger partial charge in [-0.3, -0.25) is 9.59 Å². The van der Waals surface area contributed by atoms with E-state index < -0.39 is 0 Å². The summed E-state index contributed by atoms with van der Waals surface area (Å²) in [6.45, 7) is 0.456. The van der Waals surface area contributed by atoms with Crippen LogP contribution in [0.1, 0.15) is 37.7 Å². The van der Waals surface area contributed by atoms with Crippen molar-refractivity contribution in [1.29, 1.82) is 5.26 Å². The van der Waals surface area contributed by atoms with Crippen LogP contribution in [0.25, 0.3) is 0 Å². The van der Waals surface area contributed by atoms with E-state index >= 15 is 0 Å². The Labute approximate surface area is 124 Å². The fourth-order valence-corrected chi connectivity index (χ4v) is 2.56. The number of carbonyl (C=O) groups is 2. The topological polar surface area (TPSA) is 82.0 Å². The van der Waals surface area contributed by atoms with Crippen molar-refractivity contribution in [3.63, 3.8) is 0 Å². The van der Waals surface area contributed by atoms with Crippen molar-refractivity contribution in [1.82, 2.24) is 5.32 Å². The second-order valence-corrected chi connectivity index (χ2v) is 5.28. The van der Waals surface area contributed by atoms with Gasteiger partial charge in [0.1, 0.15) is 6.42 Å². The molecule has 5 nitrogen and oxygen atoms in total. The van der Waals surface area contributed by atoms with Crippen LogP contribution in [0.3, 0.4) is 0 Å². The second kappa shape index (κ2) is 7.44. The molecule has 0 spiro atoms. The third-order valence-electron chi connectivity index (χ3n) is 3.64. The molecule has 0 radical (unpaired) electrons. The van der Waals surface area contributed by atoms with Crippen LogP contribution in [0, 0.1) is 17.2 Å². The first-order valence-corrected chi connectivity index (χ1v) is 7.22. The highest BCUT2D eigenvalue weighted by molar-refractivity contribution is 5.92. The van der Waals surface area contributed by atoms with Crippen LogP contribution < -0.4 is 10.6 Å². The fraction of sp³-hybridized carbons (Fsp3) is 0.438. The summed E-state index contributed by atoms with van der Waals surface area (Å²) in [5, 5.41) is 14.1. The Morgan fingerprint density at radius 3 is 2.76 bits per heavy atom. The Morgan fingerprint density at radius 2 is 2.05 bits per heavy atom. The van der Waals surface area contributed by atoms with Gasteiger partial charge in [0.15, 0.2) is 0 Å². The molecule has 2 rings (SSSR count). The van der Waals surface area contributed by atoms with Crippen LogP contribution in [0.5, 0.6) is 0 Å². The minimum atomic E-state index is -0.329. The number of benzene rings is 1. The lowest BCUT2D eigenvalue weighted by atomic mass is 10.1. The molecule has 5 heteroatoms. The van der Waals surface area contributed by atoms with E-state index in [4.69, 9.17) is 5.26 Å². The Bertz CT molecular complexity index is 557. The molecule has 0 unspecified atom stereocenters. The van der Waals surface area contributed by atoms with Gasteiger partial charge in [0.05, 0.1) is 6.07 Å². The minimum absolute atomic E-state index is 0.117. The average Bonchev–Trinajstić information content (AvgIpc) is 2.99. The molecule has 0 atom stereocenters. The quantitative estimate of drug-likeness (QED) is 0.871. The van der Waals surface area contributed by atoms with E-state index in [9.17, 15) is 9.59 Å². The zero-order valence-electron chi connectivity index (χ0n) is 11.9. The highest BCUT2D eigenvalue weighted by atomic mass is 16.2. The van der Waals surface area contributed by atoms with E-state index in [1.165, 1.54) is 0 Å². The number of nitrogens with zero attached hydrogens (tertiary/aromatic N) is 1. The van der Waals surface area contributed by atoms with Crippen molar-refractivity contribution >= 4 is 17.5 Å². The zero-order valence-corrected chi connectivity index (χ0v) is 11.9. The van der Waals surface area contributed by atoms with Gasteiger partial charge in [0.25, 0.3) is 0 Å². The van der Waals surface area contributed by atoms with Crippen LogP contribution in [0.2, 0.25) is 0 Å². The summed E-state index contributed by atoms with van der Waals surface area (Å²) in [4.78, 5) is 23.3. The molecule has 1 fully saturated rings. The molecule has 2 N–H and O–H groups in total. The Kier molecular flexibility index (Phi) is 5.33. The van der Waals surface area contributed by atoms with E-state index in [1.807, 2.05) is 18.2 Å². The van der Waals surface area contributed by atoms with Crippen LogP contribution in [0.15, 0.2) is 24.3 Å². The first kappa shape index (κ1) is 15.0. The van der Waals surface area contributed by atoms with Gasteiger partial charge in [-0.25, -0.2) is 0 Å². The van der Waals surface area contributed by atoms with Crippen LogP contribution in [-0.2, 0) is 16.1 Å². The molecule has 0 saturated heterocycles. The van der Waals surface area contributed by atoms with Crippen LogP contribution in [0.4, 0.5) is 5.69 Å². The first-order chi connectivity index (χ1) is 10.2. The number of nitriles is 1. The Morgan fingerprint density at radius 1 is 1.29 bits per heavy atom. The van der Waals surface area contributed by atoms with Crippen molar-refractivity contribution in [2.75, 3.05) is 5.32 Å². The lowest BCUT2D eigenvalue weighted by Crippen LogP contribution is -2.28. The summed E-state index contributed by atoms with van der Waals surface area (Å²) in [5.41, 5.74) is 1.57. The van der Waals surface area contributed by atoms with Gasteiger partial charge in [-0.2, -0.15) is 5.26 Å². The van der Waals surface area contributed by atoms with E-state index in [1.54, 1.807) is 12.1 Å². The normalized spacial score (nSPS) is 14.4. The highest BCUT2D eigenvalue weighted by Gasteiger charge is 2.22. The van der Waals surface area contributed by atoms with Gasteiger partial charge in [-0.15, -0.1) is 0 Å². The molecule has 1 aliphatic rings. The van der Waals surface area contributed by atoms with Gasteiger partial charge < -0.3 is 10.6 Å². The van der Waals surface area contributed by atoms with Crippen molar-refractivity contribution < 1.29 is 9.59 Å². The number of hydrogen-bond acceptors (Lipinski definition) is 3. The molecule has 2 amide bonds. The maximum atomic E-state index is 11.9. The minimum Gasteiger partial charge on any atom is -0.352 e. The number of hydrogen-bond donors (Lipinski definition) is 2. The van der Waals surface area contributed by atoms with Gasteiger partial charge in [0, 0.05) is 18.2 Å². The first-order valence-electron chi connectivity index (χ1n) is 7.22. The van der Waals surface area contributed by atoms with E-state index in [0.29, 0.717) is 12.2 Å². The molecule has 1 aromatic rings. The number of nitrogens with one attached hydrogen (secondary N) is 2. The molecular formula is C16H19N3O2. The zero-order chi connectivity index (χ0) is 15.1. The molecule has 1 saturated carbocycles. The summed E-state index contributed by atoms with van der Waals surface area (Å²) in [5.74, 6) is -0.0559. The van der Waals surface area contributed by atoms with Crippen molar-refractivity contribution in [2.45, 2.75) is 38.6 Å². The van der Waals surface area contributed by atoms with E-state index in [-0.39, 0.29) is 24.2 Å². The summed E-state index contributed by atoms with van der Waals surface area (Å²) in [7, 11) is 0. The molecule has 1 aromatic carbocycles. The molecule has 0 bridgehead atoms. The molecule has 110 valence electrons. The Hall–Kier alpha value is -2.35. The number of anilines is 1. The standard InChI is InChI=1S/C16H19N3O2/c17-9-8-15(20)19-14-7-3-4-12(10-14)11-18-16(21)13-5-1-2-6-13/h3-4,7,10,13H,1-2,5-6,8,11H2,(H,18,21)(H,19,20). The SMILES string of the molecule is N#CCC(=O)Nc1cccc(CNC(=O)C2CCCC2)c1. The monoisotopic (exact) mass is 285 g/mol. The average molecular weight is 285 g/mol. The fourth-order valence-electron chi connectivity index (χ4n) is 2.56. The molecular weight excluding hydrogens is 266 g/mol. The van der Waals surface area contributed by atoms with Gasteiger partial charge in [-0.05, 0) is 30.5 Å². The maximum Gasteiger partial charge on any atom is 0.238 e. The largest absolute Gasteiger partial charge is 0.352 e. The summed E-state index contributed by atoms with van der Waals surface area (Å²) >= 11 is 0. The Balaban J connectivity index is 1.87. The van der Waals surface area contributed by atoms with E-state index in [2.05, 4.69) is 10.6 Å².